The second-order valence-corrected chi connectivity index (χ2v) is 8.62. The number of anilines is 1. The summed E-state index contributed by atoms with van der Waals surface area (Å²) in [5, 5.41) is 19.9. The van der Waals surface area contributed by atoms with Crippen LogP contribution in [0.25, 0.3) is 0 Å². The number of nitrogens with zero attached hydrogens (tertiary/aromatic N) is 7. The van der Waals surface area contributed by atoms with E-state index in [1.807, 2.05) is 9.80 Å². The van der Waals surface area contributed by atoms with Crippen molar-refractivity contribution in [3.05, 3.63) is 35.7 Å². The lowest BCUT2D eigenvalue weighted by Gasteiger charge is -2.43. The van der Waals surface area contributed by atoms with Gasteiger partial charge in [0.2, 0.25) is 5.91 Å². The Labute approximate surface area is 188 Å². The molecule has 3 heterocycles. The van der Waals surface area contributed by atoms with Gasteiger partial charge < -0.3 is 14.5 Å². The number of piperidine rings is 1. The smallest absolute Gasteiger partial charge is 0.384 e. The normalized spacial score (nSPS) is 22.8. The van der Waals surface area contributed by atoms with Crippen LogP contribution in [0, 0.1) is 22.7 Å². The summed E-state index contributed by atoms with van der Waals surface area (Å²) in [6.45, 7) is 2.95. The zero-order chi connectivity index (χ0) is 23.6. The van der Waals surface area contributed by atoms with Crippen molar-refractivity contribution >= 4 is 11.6 Å². The number of fused-ring (bicyclic) bond motifs is 1. The van der Waals surface area contributed by atoms with Crippen molar-refractivity contribution in [2.45, 2.75) is 25.6 Å². The summed E-state index contributed by atoms with van der Waals surface area (Å²) in [7, 11) is 1.61. The summed E-state index contributed by atoms with van der Waals surface area (Å²) in [6, 6.07) is 5.44. The molecule has 2 fully saturated rings. The molecule has 0 bridgehead atoms. The summed E-state index contributed by atoms with van der Waals surface area (Å²) in [5.41, 5.74) is -1.16. The fourth-order valence-corrected chi connectivity index (χ4v) is 4.94. The van der Waals surface area contributed by atoms with E-state index < -0.39 is 17.3 Å². The molecular formula is C21H24F3N7O2. The maximum atomic E-state index is 13.5. The van der Waals surface area contributed by atoms with E-state index in [1.165, 1.54) is 17.1 Å². The number of alkyl halides is 3. The molecule has 9 nitrogen and oxygen atoms in total. The molecule has 1 aromatic heterocycles. The Morgan fingerprint density at radius 3 is 2.85 bits per heavy atom. The third-order valence-electron chi connectivity index (χ3n) is 6.66. The zero-order valence-corrected chi connectivity index (χ0v) is 18.1. The number of hydrogen-bond donors (Lipinski definition) is 0. The fraction of sp³-hybridized carbons (Fsp3) is 0.571. The Morgan fingerprint density at radius 1 is 1.36 bits per heavy atom. The van der Waals surface area contributed by atoms with Gasteiger partial charge in [-0.1, -0.05) is 0 Å². The SMILES string of the molecule is COC[C@@]12CCN(C(=O)CCn3cnnn3)C[C@@H]1CN(c1ccc(C#N)c(C(F)(F)F)c1)C2. The van der Waals surface area contributed by atoms with Crippen molar-refractivity contribution in [2.24, 2.45) is 11.3 Å². The van der Waals surface area contributed by atoms with Gasteiger partial charge in [-0.15, -0.1) is 5.10 Å². The lowest BCUT2D eigenvalue weighted by molar-refractivity contribution is -0.138. The third-order valence-corrected chi connectivity index (χ3v) is 6.66. The van der Waals surface area contributed by atoms with E-state index in [9.17, 15) is 18.0 Å². The standard InChI is InChI=1S/C21H24F3N7O2/c1-33-13-20-5-7-29(19(32)4-6-31-14-26-27-28-31)10-16(20)11-30(12-20)17-3-2-15(9-25)18(8-17)21(22,23)24/h2-3,8,14,16H,4-7,10-13H2,1H3/t16-,20+/m1/s1. The molecule has 33 heavy (non-hydrogen) atoms. The van der Waals surface area contributed by atoms with Gasteiger partial charge in [-0.05, 0) is 35.0 Å². The highest BCUT2D eigenvalue weighted by Crippen LogP contribution is 2.45. The molecule has 1 amide bonds. The average Bonchev–Trinajstić information content (AvgIpc) is 3.44. The maximum absolute atomic E-state index is 13.5. The van der Waals surface area contributed by atoms with Crippen LogP contribution in [0.2, 0.25) is 0 Å². The van der Waals surface area contributed by atoms with Crippen LogP contribution in [0.3, 0.4) is 0 Å². The number of rotatable bonds is 6. The Balaban J connectivity index is 1.50. The molecule has 0 aliphatic carbocycles. The fourth-order valence-electron chi connectivity index (χ4n) is 4.94. The van der Waals surface area contributed by atoms with Crippen LogP contribution in [0.1, 0.15) is 24.0 Å². The number of likely N-dealkylation sites (tertiary alicyclic amines) is 1. The van der Waals surface area contributed by atoms with Crippen molar-refractivity contribution in [3.63, 3.8) is 0 Å². The first-order chi connectivity index (χ1) is 15.8. The molecule has 2 aliphatic rings. The lowest BCUT2D eigenvalue weighted by atomic mass is 9.73. The summed E-state index contributed by atoms with van der Waals surface area (Å²) in [4.78, 5) is 16.5. The summed E-state index contributed by atoms with van der Waals surface area (Å²) >= 11 is 0. The molecule has 0 unspecified atom stereocenters. The quantitative estimate of drug-likeness (QED) is 0.646. The molecule has 0 saturated carbocycles. The van der Waals surface area contributed by atoms with Gasteiger partial charge in [0.25, 0.3) is 0 Å². The Bertz CT molecular complexity index is 1040. The van der Waals surface area contributed by atoms with E-state index in [4.69, 9.17) is 10.00 Å². The molecule has 2 saturated heterocycles. The summed E-state index contributed by atoms with van der Waals surface area (Å²) in [6.07, 6.45) is -2.19. The number of halogens is 3. The van der Waals surface area contributed by atoms with E-state index in [2.05, 4.69) is 15.5 Å². The van der Waals surface area contributed by atoms with E-state index >= 15 is 0 Å². The van der Waals surface area contributed by atoms with Gasteiger partial charge in [-0.25, -0.2) is 4.68 Å². The van der Waals surface area contributed by atoms with Crippen molar-refractivity contribution in [1.29, 1.82) is 5.26 Å². The molecule has 2 atom stereocenters. The monoisotopic (exact) mass is 463 g/mol. The van der Waals surface area contributed by atoms with Crippen LogP contribution < -0.4 is 4.90 Å². The van der Waals surface area contributed by atoms with Gasteiger partial charge in [-0.3, -0.25) is 4.79 Å². The lowest BCUT2D eigenvalue weighted by Crippen LogP contribution is -2.51. The third kappa shape index (κ3) is 4.64. The van der Waals surface area contributed by atoms with Crippen LogP contribution in [-0.2, 0) is 22.3 Å². The van der Waals surface area contributed by atoms with Gasteiger partial charge in [0.1, 0.15) is 6.33 Å². The van der Waals surface area contributed by atoms with Crippen molar-refractivity contribution in [1.82, 2.24) is 25.1 Å². The van der Waals surface area contributed by atoms with Gasteiger partial charge in [-0.2, -0.15) is 18.4 Å². The predicted octanol–water partition coefficient (Wildman–Crippen LogP) is 1.96. The van der Waals surface area contributed by atoms with E-state index in [-0.39, 0.29) is 23.7 Å². The highest BCUT2D eigenvalue weighted by atomic mass is 19.4. The van der Waals surface area contributed by atoms with Crippen LogP contribution in [0.5, 0.6) is 0 Å². The molecule has 1 aromatic carbocycles. The van der Waals surface area contributed by atoms with Crippen LogP contribution in [-0.4, -0.2) is 70.9 Å². The van der Waals surface area contributed by atoms with Crippen LogP contribution in [0.15, 0.2) is 24.5 Å². The molecule has 2 aromatic rings. The first-order valence-corrected chi connectivity index (χ1v) is 10.6. The molecule has 12 heteroatoms. The number of aromatic nitrogens is 4. The number of nitriles is 1. The van der Waals surface area contributed by atoms with E-state index in [0.29, 0.717) is 51.4 Å². The van der Waals surface area contributed by atoms with Gasteiger partial charge >= 0.3 is 6.18 Å². The van der Waals surface area contributed by atoms with Gasteiger partial charge in [0, 0.05) is 56.7 Å². The molecule has 2 aliphatic heterocycles. The van der Waals surface area contributed by atoms with E-state index in [1.54, 1.807) is 19.2 Å². The predicted molar refractivity (Wildman–Crippen MR) is 110 cm³/mol. The van der Waals surface area contributed by atoms with Crippen molar-refractivity contribution in [2.75, 3.05) is 44.8 Å². The molecule has 0 N–H and O–H groups in total. The number of tetrazole rings is 1. The molecule has 0 spiro atoms. The molecule has 4 rings (SSSR count). The Kier molecular flexibility index (Phi) is 6.25. The number of aryl methyl sites for hydroxylation is 1. The van der Waals surface area contributed by atoms with Crippen molar-refractivity contribution < 1.29 is 22.7 Å². The van der Waals surface area contributed by atoms with Gasteiger partial charge in [0.05, 0.1) is 30.3 Å². The number of ether oxygens (including phenoxy) is 1. The number of carbonyl (C=O) groups is 1. The molecule has 0 radical (unpaired) electrons. The topological polar surface area (TPSA) is 100 Å². The molecule has 176 valence electrons. The second kappa shape index (κ2) is 8.97. The minimum atomic E-state index is -4.61. The summed E-state index contributed by atoms with van der Waals surface area (Å²) < 4.78 is 47.4. The average molecular weight is 463 g/mol. The number of benzene rings is 1. The number of amides is 1. The summed E-state index contributed by atoms with van der Waals surface area (Å²) in [5.74, 6) is 0.0425. The Hall–Kier alpha value is -3.20. The minimum Gasteiger partial charge on any atom is -0.384 e. The van der Waals surface area contributed by atoms with E-state index in [0.717, 1.165) is 6.07 Å². The second-order valence-electron chi connectivity index (χ2n) is 8.62. The van der Waals surface area contributed by atoms with Crippen LogP contribution in [0.4, 0.5) is 18.9 Å². The highest BCUT2D eigenvalue weighted by molar-refractivity contribution is 5.76. The number of carbonyl (C=O) groups excluding carboxylic acids is 1. The largest absolute Gasteiger partial charge is 0.417 e. The van der Waals surface area contributed by atoms with Crippen LogP contribution >= 0.6 is 0 Å². The first-order valence-electron chi connectivity index (χ1n) is 10.6. The molecular weight excluding hydrogens is 439 g/mol. The minimum absolute atomic E-state index is 0.00676. The van der Waals surface area contributed by atoms with Gasteiger partial charge in [0.15, 0.2) is 0 Å². The maximum Gasteiger partial charge on any atom is 0.417 e. The number of hydrogen-bond acceptors (Lipinski definition) is 7. The van der Waals surface area contributed by atoms with Crippen molar-refractivity contribution in [3.8, 4) is 6.07 Å². The highest BCUT2D eigenvalue weighted by Gasteiger charge is 2.50. The zero-order valence-electron chi connectivity index (χ0n) is 18.1. The number of methoxy groups -OCH3 is 1. The first kappa shape index (κ1) is 23.0. The Morgan fingerprint density at radius 2 is 2.18 bits per heavy atom.